The lowest BCUT2D eigenvalue weighted by Crippen LogP contribution is -2.54. The van der Waals surface area contributed by atoms with E-state index >= 15 is 0 Å². The average Bonchev–Trinajstić information content (AvgIpc) is 2.76. The molecule has 37 heavy (non-hydrogen) atoms. The number of nitrogens with zero attached hydrogens (tertiary/aromatic N) is 5. The van der Waals surface area contributed by atoms with E-state index in [1.807, 2.05) is 0 Å². The Bertz CT molecular complexity index is 1010. The highest BCUT2D eigenvalue weighted by molar-refractivity contribution is 5.59. The molecule has 16 heteroatoms. The van der Waals surface area contributed by atoms with Crippen LogP contribution in [-0.4, -0.2) is 65.3 Å². The van der Waals surface area contributed by atoms with Gasteiger partial charge in [0.05, 0.1) is 11.1 Å². The van der Waals surface area contributed by atoms with Gasteiger partial charge in [0.2, 0.25) is 17.8 Å². The van der Waals surface area contributed by atoms with Crippen LogP contribution in [0.25, 0.3) is 0 Å². The maximum Gasteiger partial charge on any atom is 0.416 e. The molecule has 204 valence electrons. The number of hydrogen-bond donors (Lipinski definition) is 5. The summed E-state index contributed by atoms with van der Waals surface area (Å²) < 4.78 is 80.0. The van der Waals surface area contributed by atoms with E-state index in [4.69, 9.17) is 22.9 Å². The molecule has 10 nitrogen and oxygen atoms in total. The van der Waals surface area contributed by atoms with Crippen LogP contribution in [0.3, 0.4) is 0 Å². The molecule has 0 spiro atoms. The van der Waals surface area contributed by atoms with Gasteiger partial charge in [0.1, 0.15) is 0 Å². The zero-order chi connectivity index (χ0) is 27.1. The van der Waals surface area contributed by atoms with Crippen molar-refractivity contribution in [1.82, 2.24) is 15.0 Å². The Kier molecular flexibility index (Phi) is 7.38. The Morgan fingerprint density at radius 1 is 0.649 bits per heavy atom. The fourth-order valence-corrected chi connectivity index (χ4v) is 4.53. The number of piperidine rings is 2. The van der Waals surface area contributed by atoms with Crippen molar-refractivity contribution in [3.63, 3.8) is 0 Å². The van der Waals surface area contributed by atoms with Crippen molar-refractivity contribution in [2.24, 2.45) is 22.9 Å². The third kappa shape index (κ3) is 6.68. The van der Waals surface area contributed by atoms with Crippen molar-refractivity contribution >= 4 is 23.5 Å². The van der Waals surface area contributed by atoms with E-state index in [1.165, 1.54) is 0 Å². The van der Waals surface area contributed by atoms with E-state index in [1.54, 1.807) is 9.80 Å². The van der Waals surface area contributed by atoms with Gasteiger partial charge in [-0.05, 0) is 31.0 Å². The third-order valence-corrected chi connectivity index (χ3v) is 6.05. The quantitative estimate of drug-likeness (QED) is 0.363. The average molecular weight is 535 g/mol. The largest absolute Gasteiger partial charge is 0.416 e. The molecule has 3 heterocycles. The Balaban J connectivity index is 1.75. The maximum atomic E-state index is 13.3. The molecule has 2 fully saturated rings. The van der Waals surface area contributed by atoms with Crippen molar-refractivity contribution in [3.8, 4) is 0 Å². The zero-order valence-electron chi connectivity index (χ0n) is 19.6. The lowest BCUT2D eigenvalue weighted by Gasteiger charge is -2.37. The van der Waals surface area contributed by atoms with Crippen LogP contribution in [0.4, 0.5) is 49.9 Å². The summed E-state index contributed by atoms with van der Waals surface area (Å²) in [6.07, 6.45) is -8.87. The first-order valence-corrected chi connectivity index (χ1v) is 11.5. The number of halogens is 6. The molecule has 0 radical (unpaired) electrons. The van der Waals surface area contributed by atoms with Crippen LogP contribution in [0.15, 0.2) is 18.2 Å². The number of hydrogen-bond acceptors (Lipinski definition) is 10. The van der Waals surface area contributed by atoms with Gasteiger partial charge in [-0.25, -0.2) is 0 Å². The number of nitrogens with two attached hydrogens (primary N) is 4. The lowest BCUT2D eigenvalue weighted by molar-refractivity contribution is -0.143. The van der Waals surface area contributed by atoms with E-state index in [9.17, 15) is 26.3 Å². The van der Waals surface area contributed by atoms with E-state index in [2.05, 4.69) is 20.3 Å². The second kappa shape index (κ2) is 10.1. The minimum absolute atomic E-state index is 0.0441. The first-order valence-electron chi connectivity index (χ1n) is 11.5. The van der Waals surface area contributed by atoms with E-state index in [0.29, 0.717) is 51.2 Å². The Morgan fingerprint density at radius 2 is 1.03 bits per heavy atom. The number of aromatic nitrogens is 3. The number of rotatable bonds is 4. The van der Waals surface area contributed by atoms with Crippen LogP contribution in [0.5, 0.6) is 0 Å². The van der Waals surface area contributed by atoms with Crippen LogP contribution in [0, 0.1) is 0 Å². The molecule has 2 aliphatic rings. The summed E-state index contributed by atoms with van der Waals surface area (Å²) in [5, 5.41) is 2.49. The molecule has 0 saturated carbocycles. The molecular weight excluding hydrogens is 506 g/mol. The minimum atomic E-state index is -5.01. The van der Waals surface area contributed by atoms with Gasteiger partial charge in [0.25, 0.3) is 0 Å². The van der Waals surface area contributed by atoms with Gasteiger partial charge in [-0.2, -0.15) is 41.3 Å². The molecule has 1 aromatic heterocycles. The van der Waals surface area contributed by atoms with Gasteiger partial charge in [-0.15, -0.1) is 0 Å². The molecule has 2 saturated heterocycles. The summed E-state index contributed by atoms with van der Waals surface area (Å²) in [4.78, 5) is 16.4. The highest BCUT2D eigenvalue weighted by Crippen LogP contribution is 2.38. The molecule has 0 aliphatic carbocycles. The second-order valence-corrected chi connectivity index (χ2v) is 9.50. The van der Waals surface area contributed by atoms with Crippen LogP contribution < -0.4 is 38.1 Å². The Hall–Kier alpha value is -2.95. The molecule has 0 amide bonds. The predicted molar refractivity (Wildman–Crippen MR) is 125 cm³/mol. The highest BCUT2D eigenvalue weighted by atomic mass is 19.4. The minimum Gasteiger partial charge on any atom is -0.338 e. The third-order valence-electron chi connectivity index (χ3n) is 6.05. The normalized spacial score (nSPS) is 25.4. The molecule has 0 bridgehead atoms. The summed E-state index contributed by atoms with van der Waals surface area (Å²) in [6.45, 7) is 1.38. The molecular formula is C21H28F6N10. The topological polar surface area (TPSA) is 161 Å². The monoisotopic (exact) mass is 534 g/mol. The molecule has 4 atom stereocenters. The standard InChI is InChI=1S/C21H28F6N10/c22-20(23,24)10-1-11(21(25,26)27)3-16(2-10)32-17-33-18(36-6-12(28)4-13(29)7-36)35-19(34-17)37-8-14(30)5-15(31)9-37/h1-3,12-15H,4-9,28-31H2,(H,32,33,34,35). The molecule has 4 rings (SSSR count). The maximum absolute atomic E-state index is 13.3. The SMILES string of the molecule is NC1CC(N)CN(c2nc(Nc3cc(C(F)(F)F)cc(C(F)(F)F)c3)nc(N3CC(N)CC(N)C3)n2)C1. The van der Waals surface area contributed by atoms with Crippen molar-refractivity contribution in [1.29, 1.82) is 0 Å². The molecule has 2 aromatic rings. The molecule has 4 unspecified atom stereocenters. The number of nitrogens with one attached hydrogen (secondary N) is 1. The summed E-state index contributed by atoms with van der Waals surface area (Å²) in [5.74, 6) is -0.0180. The number of anilines is 4. The summed E-state index contributed by atoms with van der Waals surface area (Å²) in [7, 11) is 0. The Labute approximate surface area is 208 Å². The molecule has 1 aromatic carbocycles. The zero-order valence-corrected chi connectivity index (χ0v) is 19.6. The lowest BCUT2D eigenvalue weighted by atomic mass is 10.0. The molecule has 2 aliphatic heterocycles. The first kappa shape index (κ1) is 27.1. The smallest absolute Gasteiger partial charge is 0.338 e. The Morgan fingerprint density at radius 3 is 1.38 bits per heavy atom. The second-order valence-electron chi connectivity index (χ2n) is 9.50. The van der Waals surface area contributed by atoms with E-state index < -0.39 is 29.2 Å². The summed E-state index contributed by atoms with van der Waals surface area (Å²) >= 11 is 0. The fourth-order valence-electron chi connectivity index (χ4n) is 4.53. The van der Waals surface area contributed by atoms with Gasteiger partial charge in [0.15, 0.2) is 0 Å². The van der Waals surface area contributed by atoms with Gasteiger partial charge in [0, 0.05) is 56.0 Å². The van der Waals surface area contributed by atoms with Crippen molar-refractivity contribution in [2.75, 3.05) is 41.3 Å². The van der Waals surface area contributed by atoms with Crippen LogP contribution >= 0.6 is 0 Å². The van der Waals surface area contributed by atoms with E-state index in [-0.39, 0.29) is 48.1 Å². The molecule has 9 N–H and O–H groups in total. The van der Waals surface area contributed by atoms with E-state index in [0.717, 1.165) is 0 Å². The summed E-state index contributed by atoms with van der Waals surface area (Å²) in [6, 6.07) is 0.0213. The number of benzene rings is 1. The van der Waals surface area contributed by atoms with Gasteiger partial charge < -0.3 is 38.1 Å². The highest BCUT2D eigenvalue weighted by Gasteiger charge is 2.37. The van der Waals surface area contributed by atoms with Crippen LogP contribution in [0.2, 0.25) is 0 Å². The fraction of sp³-hybridized carbons (Fsp3) is 0.571. The van der Waals surface area contributed by atoms with Gasteiger partial charge >= 0.3 is 12.4 Å². The number of alkyl halides is 6. The van der Waals surface area contributed by atoms with Gasteiger partial charge in [-0.3, -0.25) is 0 Å². The predicted octanol–water partition coefficient (Wildman–Crippen LogP) is 1.38. The van der Waals surface area contributed by atoms with Crippen LogP contribution in [-0.2, 0) is 12.4 Å². The van der Waals surface area contributed by atoms with Crippen LogP contribution in [0.1, 0.15) is 24.0 Å². The van der Waals surface area contributed by atoms with Gasteiger partial charge in [-0.1, -0.05) is 0 Å². The van der Waals surface area contributed by atoms with Crippen molar-refractivity contribution in [2.45, 2.75) is 49.4 Å². The van der Waals surface area contributed by atoms with Crippen molar-refractivity contribution < 1.29 is 26.3 Å². The first-order chi connectivity index (χ1) is 17.2. The van der Waals surface area contributed by atoms with Crippen molar-refractivity contribution in [3.05, 3.63) is 29.3 Å². The summed E-state index contributed by atoms with van der Waals surface area (Å²) in [5.41, 5.74) is 20.9.